The first-order chi connectivity index (χ1) is 15.9. The van der Waals surface area contributed by atoms with E-state index in [2.05, 4.69) is 5.32 Å². The average molecular weight is 453 g/mol. The molecule has 2 aliphatic heterocycles. The van der Waals surface area contributed by atoms with E-state index >= 15 is 0 Å². The summed E-state index contributed by atoms with van der Waals surface area (Å²) in [5.41, 5.74) is 2.88. The maximum atomic E-state index is 13.0. The highest BCUT2D eigenvalue weighted by Crippen LogP contribution is 2.33. The largest absolute Gasteiger partial charge is 0.497 e. The van der Waals surface area contributed by atoms with Crippen molar-refractivity contribution < 1.29 is 28.6 Å². The van der Waals surface area contributed by atoms with Gasteiger partial charge in [0.2, 0.25) is 5.91 Å². The Hall–Kier alpha value is -3.75. The van der Waals surface area contributed by atoms with E-state index in [-0.39, 0.29) is 18.9 Å². The predicted octanol–water partition coefficient (Wildman–Crippen LogP) is 2.11. The lowest BCUT2D eigenvalue weighted by Gasteiger charge is -2.30. The second-order valence-electron chi connectivity index (χ2n) is 8.02. The van der Waals surface area contributed by atoms with Crippen molar-refractivity contribution >= 4 is 17.8 Å². The number of methoxy groups -OCH3 is 3. The van der Waals surface area contributed by atoms with E-state index in [9.17, 15) is 14.4 Å². The Morgan fingerprint density at radius 1 is 1.00 bits per heavy atom. The highest BCUT2D eigenvalue weighted by molar-refractivity contribution is 6.05. The molecule has 1 N–H and O–H groups in total. The lowest BCUT2D eigenvalue weighted by Crippen LogP contribution is -2.41. The van der Waals surface area contributed by atoms with E-state index in [1.165, 1.54) is 0 Å². The minimum absolute atomic E-state index is 0.0771. The summed E-state index contributed by atoms with van der Waals surface area (Å²) in [6.45, 7) is 1.09. The van der Waals surface area contributed by atoms with E-state index in [0.717, 1.165) is 21.6 Å². The van der Waals surface area contributed by atoms with Crippen LogP contribution in [0.1, 0.15) is 23.1 Å². The van der Waals surface area contributed by atoms with Crippen molar-refractivity contribution in [1.29, 1.82) is 0 Å². The fraction of sp³-hybridized carbons (Fsp3) is 0.375. The van der Waals surface area contributed by atoms with Gasteiger partial charge in [-0.25, -0.2) is 4.79 Å². The molecule has 0 aromatic heterocycles. The molecule has 0 spiro atoms. The number of rotatable bonds is 7. The molecule has 1 atom stereocenters. The molecule has 4 amide bonds. The fourth-order valence-electron chi connectivity index (χ4n) is 4.18. The zero-order valence-electron chi connectivity index (χ0n) is 18.9. The van der Waals surface area contributed by atoms with Gasteiger partial charge in [0.1, 0.15) is 11.8 Å². The van der Waals surface area contributed by atoms with Crippen molar-refractivity contribution in [3.05, 3.63) is 53.1 Å². The standard InChI is InChI=1S/C24H27N3O6/c1-31-18-6-4-15(5-7-18)13-27-23(29)19(25-24(27)30)12-22(28)26-9-8-16-10-20(32-2)21(33-3)11-17(16)14-26/h4-7,10-11,19H,8-9,12-14H2,1-3H3,(H,25,30). The quantitative estimate of drug-likeness (QED) is 0.645. The van der Waals surface area contributed by atoms with Gasteiger partial charge < -0.3 is 24.4 Å². The second kappa shape index (κ2) is 9.40. The highest BCUT2D eigenvalue weighted by Gasteiger charge is 2.40. The third kappa shape index (κ3) is 4.57. The number of hydrogen-bond donors (Lipinski definition) is 1. The summed E-state index contributed by atoms with van der Waals surface area (Å²) in [7, 11) is 4.73. The van der Waals surface area contributed by atoms with E-state index in [1.54, 1.807) is 50.5 Å². The first kappa shape index (κ1) is 22.4. The molecule has 174 valence electrons. The van der Waals surface area contributed by atoms with Crippen molar-refractivity contribution in [2.45, 2.75) is 32.0 Å². The van der Waals surface area contributed by atoms with Gasteiger partial charge in [0.15, 0.2) is 11.5 Å². The number of imide groups is 1. The molecule has 33 heavy (non-hydrogen) atoms. The summed E-state index contributed by atoms with van der Waals surface area (Å²) in [6.07, 6.45) is 0.600. The van der Waals surface area contributed by atoms with Crippen LogP contribution >= 0.6 is 0 Å². The maximum absolute atomic E-state index is 13.0. The van der Waals surface area contributed by atoms with Crippen molar-refractivity contribution in [3.63, 3.8) is 0 Å². The fourth-order valence-corrected chi connectivity index (χ4v) is 4.18. The van der Waals surface area contributed by atoms with Crippen molar-refractivity contribution in [2.24, 2.45) is 0 Å². The Balaban J connectivity index is 1.39. The Labute approximate surface area is 192 Å². The van der Waals surface area contributed by atoms with Crippen LogP contribution in [-0.2, 0) is 29.1 Å². The summed E-state index contributed by atoms with van der Waals surface area (Å²) in [5.74, 6) is 1.39. The van der Waals surface area contributed by atoms with E-state index < -0.39 is 18.0 Å². The molecular weight excluding hydrogens is 426 g/mol. The summed E-state index contributed by atoms with van der Waals surface area (Å²) in [5, 5.41) is 2.65. The summed E-state index contributed by atoms with van der Waals surface area (Å²) < 4.78 is 15.9. The number of carbonyl (C=O) groups is 3. The topological polar surface area (TPSA) is 97.4 Å². The minimum atomic E-state index is -0.866. The lowest BCUT2D eigenvalue weighted by molar-refractivity contribution is -0.136. The number of amides is 4. The third-order valence-electron chi connectivity index (χ3n) is 6.06. The Bertz CT molecular complexity index is 1070. The Morgan fingerprint density at radius 3 is 2.30 bits per heavy atom. The number of benzene rings is 2. The molecule has 0 radical (unpaired) electrons. The van der Waals surface area contributed by atoms with E-state index in [4.69, 9.17) is 14.2 Å². The van der Waals surface area contributed by atoms with Crippen molar-refractivity contribution in [3.8, 4) is 17.2 Å². The van der Waals surface area contributed by atoms with Crippen LogP contribution in [0, 0.1) is 0 Å². The molecule has 9 nitrogen and oxygen atoms in total. The minimum Gasteiger partial charge on any atom is -0.497 e. The SMILES string of the molecule is COc1ccc(CN2C(=O)NC(CC(=O)N3CCc4cc(OC)c(OC)cc4C3)C2=O)cc1. The summed E-state index contributed by atoms with van der Waals surface area (Å²) in [6, 6.07) is 9.60. The molecule has 1 saturated heterocycles. The van der Waals surface area contributed by atoms with Crippen LogP contribution in [0.4, 0.5) is 4.79 Å². The van der Waals surface area contributed by atoms with Crippen LogP contribution < -0.4 is 19.5 Å². The smallest absolute Gasteiger partial charge is 0.325 e. The monoisotopic (exact) mass is 453 g/mol. The molecule has 4 rings (SSSR count). The summed E-state index contributed by atoms with van der Waals surface area (Å²) >= 11 is 0. The molecule has 2 aromatic rings. The maximum Gasteiger partial charge on any atom is 0.325 e. The van der Waals surface area contributed by atoms with Gasteiger partial charge in [-0.05, 0) is 47.4 Å². The Kier molecular flexibility index (Phi) is 6.39. The average Bonchev–Trinajstić information content (AvgIpc) is 3.10. The molecule has 0 saturated carbocycles. The normalized spacial score (nSPS) is 17.5. The van der Waals surface area contributed by atoms with Crippen LogP contribution in [0.25, 0.3) is 0 Å². The predicted molar refractivity (Wildman–Crippen MR) is 119 cm³/mol. The molecule has 2 heterocycles. The van der Waals surface area contributed by atoms with Gasteiger partial charge in [-0.2, -0.15) is 0 Å². The zero-order chi connectivity index (χ0) is 23.5. The number of urea groups is 1. The van der Waals surface area contributed by atoms with Gasteiger partial charge in [0.05, 0.1) is 34.3 Å². The number of nitrogens with one attached hydrogen (secondary N) is 1. The molecule has 9 heteroatoms. The number of nitrogens with zero attached hydrogens (tertiary/aromatic N) is 2. The molecule has 0 aliphatic carbocycles. The van der Waals surface area contributed by atoms with Gasteiger partial charge >= 0.3 is 6.03 Å². The number of fused-ring (bicyclic) bond motifs is 1. The number of hydrogen-bond acceptors (Lipinski definition) is 6. The van der Waals surface area contributed by atoms with Crippen LogP contribution in [0.2, 0.25) is 0 Å². The van der Waals surface area contributed by atoms with Crippen molar-refractivity contribution in [2.75, 3.05) is 27.9 Å². The lowest BCUT2D eigenvalue weighted by atomic mass is 9.98. The van der Waals surface area contributed by atoms with Gasteiger partial charge in [0, 0.05) is 13.1 Å². The zero-order valence-corrected chi connectivity index (χ0v) is 18.9. The van der Waals surface area contributed by atoms with E-state index in [0.29, 0.717) is 36.8 Å². The highest BCUT2D eigenvalue weighted by atomic mass is 16.5. The molecular formula is C24H27N3O6. The third-order valence-corrected chi connectivity index (χ3v) is 6.06. The number of carbonyl (C=O) groups excluding carboxylic acids is 3. The van der Waals surface area contributed by atoms with Crippen LogP contribution in [0.5, 0.6) is 17.2 Å². The van der Waals surface area contributed by atoms with Crippen molar-refractivity contribution in [1.82, 2.24) is 15.1 Å². The summed E-state index contributed by atoms with van der Waals surface area (Å²) in [4.78, 5) is 41.0. The van der Waals surface area contributed by atoms with Gasteiger partial charge in [0.25, 0.3) is 5.91 Å². The van der Waals surface area contributed by atoms with E-state index in [1.807, 2.05) is 12.1 Å². The van der Waals surface area contributed by atoms with Gasteiger partial charge in [-0.15, -0.1) is 0 Å². The molecule has 0 bridgehead atoms. The number of ether oxygens (including phenoxy) is 3. The molecule has 1 fully saturated rings. The molecule has 1 unspecified atom stereocenters. The van der Waals surface area contributed by atoms with Gasteiger partial charge in [-0.1, -0.05) is 12.1 Å². The Morgan fingerprint density at radius 2 is 1.67 bits per heavy atom. The second-order valence-corrected chi connectivity index (χ2v) is 8.02. The van der Waals surface area contributed by atoms with Crippen LogP contribution in [0.3, 0.4) is 0 Å². The first-order valence-corrected chi connectivity index (χ1v) is 10.7. The molecule has 2 aliphatic rings. The van der Waals surface area contributed by atoms with Gasteiger partial charge in [-0.3, -0.25) is 14.5 Å². The van der Waals surface area contributed by atoms with Crippen LogP contribution in [-0.4, -0.2) is 61.6 Å². The van der Waals surface area contributed by atoms with Crippen LogP contribution in [0.15, 0.2) is 36.4 Å². The first-order valence-electron chi connectivity index (χ1n) is 10.7. The molecule has 2 aromatic carbocycles.